The van der Waals surface area contributed by atoms with Crippen molar-refractivity contribution in [3.8, 4) is 5.75 Å². The monoisotopic (exact) mass is 305 g/mol. The highest BCUT2D eigenvalue weighted by Crippen LogP contribution is 2.31. The fourth-order valence-corrected chi connectivity index (χ4v) is 1.52. The lowest BCUT2D eigenvalue weighted by atomic mass is 10.3. The van der Waals surface area contributed by atoms with E-state index in [2.05, 4.69) is 20.7 Å². The van der Waals surface area contributed by atoms with Crippen LogP contribution in [0.15, 0.2) is 22.7 Å². The van der Waals surface area contributed by atoms with Crippen molar-refractivity contribution in [2.45, 2.75) is 19.3 Å². The van der Waals surface area contributed by atoms with Gasteiger partial charge in [-0.3, -0.25) is 10.1 Å². The minimum atomic E-state index is -1.14. The van der Waals surface area contributed by atoms with Gasteiger partial charge in [0.05, 0.1) is 4.92 Å². The van der Waals surface area contributed by atoms with Gasteiger partial charge in [-0.15, -0.1) is 0 Å². The predicted octanol–water partition coefficient (Wildman–Crippen LogP) is 2.09. The first-order chi connectivity index (χ1) is 7.95. The van der Waals surface area contributed by atoms with Crippen LogP contribution in [0.1, 0.15) is 6.92 Å². The van der Waals surface area contributed by atoms with Crippen LogP contribution in [0.4, 0.5) is 5.69 Å². The SMILES string of the molecule is COC(O)[C@@H](C)Oc1cc(Br)ccc1[N+](=O)[O-]. The highest BCUT2D eigenvalue weighted by atomic mass is 79.9. The van der Waals surface area contributed by atoms with E-state index in [0.717, 1.165) is 0 Å². The maximum atomic E-state index is 10.8. The van der Waals surface area contributed by atoms with Gasteiger partial charge in [0.25, 0.3) is 0 Å². The molecule has 0 saturated heterocycles. The van der Waals surface area contributed by atoms with Crippen LogP contribution in [0.5, 0.6) is 5.75 Å². The van der Waals surface area contributed by atoms with Gasteiger partial charge in [-0.1, -0.05) is 15.9 Å². The zero-order valence-corrected chi connectivity index (χ0v) is 10.9. The maximum absolute atomic E-state index is 10.8. The third kappa shape index (κ3) is 3.65. The fourth-order valence-electron chi connectivity index (χ4n) is 1.18. The van der Waals surface area contributed by atoms with Crippen LogP contribution < -0.4 is 4.74 Å². The molecule has 0 fully saturated rings. The van der Waals surface area contributed by atoms with E-state index >= 15 is 0 Å². The van der Waals surface area contributed by atoms with Crippen molar-refractivity contribution in [1.29, 1.82) is 0 Å². The Balaban J connectivity index is 2.96. The molecule has 1 aromatic rings. The van der Waals surface area contributed by atoms with Gasteiger partial charge in [-0.2, -0.15) is 0 Å². The summed E-state index contributed by atoms with van der Waals surface area (Å²) in [5, 5.41) is 20.1. The molecule has 94 valence electrons. The Morgan fingerprint density at radius 3 is 2.71 bits per heavy atom. The average molecular weight is 306 g/mol. The summed E-state index contributed by atoms with van der Waals surface area (Å²) in [4.78, 5) is 10.2. The van der Waals surface area contributed by atoms with Crippen molar-refractivity contribution < 1.29 is 19.5 Å². The first-order valence-corrected chi connectivity index (χ1v) is 5.56. The molecule has 2 atom stereocenters. The molecule has 0 bridgehead atoms. The van der Waals surface area contributed by atoms with Crippen LogP contribution in [0.2, 0.25) is 0 Å². The van der Waals surface area contributed by atoms with E-state index in [-0.39, 0.29) is 11.4 Å². The molecule has 0 aliphatic carbocycles. The van der Waals surface area contributed by atoms with Gasteiger partial charge < -0.3 is 14.6 Å². The molecule has 7 heteroatoms. The van der Waals surface area contributed by atoms with E-state index in [1.165, 1.54) is 19.2 Å². The molecule has 1 rings (SSSR count). The lowest BCUT2D eigenvalue weighted by Crippen LogP contribution is -2.30. The third-order valence-electron chi connectivity index (χ3n) is 2.07. The van der Waals surface area contributed by atoms with E-state index in [1.807, 2.05) is 0 Å². The Morgan fingerprint density at radius 2 is 2.18 bits per heavy atom. The smallest absolute Gasteiger partial charge is 0.311 e. The van der Waals surface area contributed by atoms with Crippen LogP contribution in [0.25, 0.3) is 0 Å². The van der Waals surface area contributed by atoms with E-state index in [1.54, 1.807) is 13.0 Å². The molecule has 0 saturated carbocycles. The molecule has 0 heterocycles. The molecule has 0 aliphatic heterocycles. The normalized spacial score (nSPS) is 14.1. The van der Waals surface area contributed by atoms with Crippen molar-refractivity contribution in [1.82, 2.24) is 0 Å². The van der Waals surface area contributed by atoms with Gasteiger partial charge in [0.1, 0.15) is 6.10 Å². The van der Waals surface area contributed by atoms with Gasteiger partial charge in [-0.05, 0) is 13.0 Å². The molecule has 1 N–H and O–H groups in total. The van der Waals surface area contributed by atoms with Crippen molar-refractivity contribution in [2.75, 3.05) is 7.11 Å². The molecule has 6 nitrogen and oxygen atoms in total. The minimum Gasteiger partial charge on any atom is -0.478 e. The van der Waals surface area contributed by atoms with Gasteiger partial charge in [0.2, 0.25) is 0 Å². The van der Waals surface area contributed by atoms with Crippen molar-refractivity contribution in [3.05, 3.63) is 32.8 Å². The maximum Gasteiger partial charge on any atom is 0.311 e. The second kappa shape index (κ2) is 5.95. The predicted molar refractivity (Wildman–Crippen MR) is 63.9 cm³/mol. The largest absolute Gasteiger partial charge is 0.478 e. The van der Waals surface area contributed by atoms with Crippen LogP contribution in [-0.2, 0) is 4.74 Å². The standard InChI is InChI=1S/C10H12BrNO5/c1-6(10(13)16-2)17-9-5-7(11)3-4-8(9)12(14)15/h3-6,10,13H,1-2H3/t6-,10?/m1/s1. The summed E-state index contributed by atoms with van der Waals surface area (Å²) in [6, 6.07) is 4.34. The second-order valence-electron chi connectivity index (χ2n) is 3.32. The van der Waals surface area contributed by atoms with Crippen LogP contribution in [0, 0.1) is 10.1 Å². The van der Waals surface area contributed by atoms with Crippen molar-refractivity contribution in [3.63, 3.8) is 0 Å². The Hall–Kier alpha value is -1.18. The van der Waals surface area contributed by atoms with Gasteiger partial charge in [0.15, 0.2) is 12.0 Å². The first kappa shape index (κ1) is 13.9. The first-order valence-electron chi connectivity index (χ1n) is 4.77. The molecule has 17 heavy (non-hydrogen) atoms. The van der Waals surface area contributed by atoms with Gasteiger partial charge in [0, 0.05) is 23.7 Å². The number of benzene rings is 1. The highest BCUT2D eigenvalue weighted by Gasteiger charge is 2.21. The van der Waals surface area contributed by atoms with Crippen LogP contribution >= 0.6 is 15.9 Å². The summed E-state index contributed by atoms with van der Waals surface area (Å²) in [5.41, 5.74) is -0.164. The second-order valence-corrected chi connectivity index (χ2v) is 4.23. The molecular weight excluding hydrogens is 294 g/mol. The molecule has 0 spiro atoms. The zero-order valence-electron chi connectivity index (χ0n) is 9.29. The molecular formula is C10H12BrNO5. The van der Waals surface area contributed by atoms with Gasteiger partial charge >= 0.3 is 5.69 Å². The fraction of sp³-hybridized carbons (Fsp3) is 0.400. The topological polar surface area (TPSA) is 81.8 Å². The molecule has 1 aromatic carbocycles. The number of methoxy groups -OCH3 is 1. The van der Waals surface area contributed by atoms with E-state index in [4.69, 9.17) is 4.74 Å². The Labute approximate surface area is 106 Å². The lowest BCUT2D eigenvalue weighted by molar-refractivity contribution is -0.386. The Morgan fingerprint density at radius 1 is 1.53 bits per heavy atom. The number of hydrogen-bond donors (Lipinski definition) is 1. The van der Waals surface area contributed by atoms with E-state index in [9.17, 15) is 15.2 Å². The number of rotatable bonds is 5. The summed E-state index contributed by atoms with van der Waals surface area (Å²) in [7, 11) is 1.32. The number of nitro groups is 1. The van der Waals surface area contributed by atoms with E-state index in [0.29, 0.717) is 4.47 Å². The Kier molecular flexibility index (Phi) is 4.86. The summed E-state index contributed by atoms with van der Waals surface area (Å²) in [6.07, 6.45) is -1.86. The lowest BCUT2D eigenvalue weighted by Gasteiger charge is -2.18. The van der Waals surface area contributed by atoms with Crippen molar-refractivity contribution in [2.24, 2.45) is 0 Å². The number of nitro benzene ring substituents is 1. The quantitative estimate of drug-likeness (QED) is 0.512. The summed E-state index contributed by atoms with van der Waals surface area (Å²) < 4.78 is 10.6. The number of aliphatic hydroxyl groups excluding tert-OH is 1. The van der Waals surface area contributed by atoms with Crippen LogP contribution in [0.3, 0.4) is 0 Å². The number of aliphatic hydroxyl groups is 1. The number of halogens is 1. The molecule has 0 aromatic heterocycles. The molecule has 0 radical (unpaired) electrons. The third-order valence-corrected chi connectivity index (χ3v) is 2.57. The van der Waals surface area contributed by atoms with Crippen molar-refractivity contribution >= 4 is 21.6 Å². The minimum absolute atomic E-state index is 0.0768. The summed E-state index contributed by atoms with van der Waals surface area (Å²) in [5.74, 6) is 0.0768. The summed E-state index contributed by atoms with van der Waals surface area (Å²) >= 11 is 3.19. The van der Waals surface area contributed by atoms with E-state index < -0.39 is 17.3 Å². The highest BCUT2D eigenvalue weighted by molar-refractivity contribution is 9.10. The molecule has 0 aliphatic rings. The number of ether oxygens (including phenoxy) is 2. The number of hydrogen-bond acceptors (Lipinski definition) is 5. The van der Waals surface area contributed by atoms with Crippen LogP contribution in [-0.4, -0.2) is 29.5 Å². The molecule has 1 unspecified atom stereocenters. The zero-order chi connectivity index (χ0) is 13.0. The van der Waals surface area contributed by atoms with Gasteiger partial charge in [-0.25, -0.2) is 0 Å². The number of nitrogens with zero attached hydrogens (tertiary/aromatic N) is 1. The Bertz CT molecular complexity index is 412. The molecule has 0 amide bonds. The average Bonchev–Trinajstić information content (AvgIpc) is 2.27. The summed E-state index contributed by atoms with van der Waals surface area (Å²) in [6.45, 7) is 1.55.